The average molecular weight is 315 g/mol. The molecule has 3 aromatic heterocycles. The van der Waals surface area contributed by atoms with Crippen molar-refractivity contribution in [1.82, 2.24) is 24.1 Å². The van der Waals surface area contributed by atoms with Crippen LogP contribution in [0.1, 0.15) is 23.9 Å². The van der Waals surface area contributed by atoms with Gasteiger partial charge in [0.2, 0.25) is 0 Å². The number of hydrogen-bond acceptors (Lipinski definition) is 5. The fraction of sp³-hybridized carbons (Fsp3) is 0.400. The molecule has 0 aromatic carbocycles. The van der Waals surface area contributed by atoms with E-state index in [4.69, 9.17) is 0 Å². The second kappa shape index (κ2) is 5.33. The smallest absolute Gasteiger partial charge is 0.267 e. The Balaban J connectivity index is 1.55. The molecule has 114 valence electrons. The van der Waals surface area contributed by atoms with Gasteiger partial charge in [0.15, 0.2) is 4.96 Å². The normalized spacial score (nSPS) is 15.3. The first-order chi connectivity index (χ1) is 10.7. The Morgan fingerprint density at radius 2 is 2.32 bits per heavy atom. The SMILES string of the molecule is CCn1nc2c(cc1=O)CN(Cc1cn3ccsc3n1)CC2. The molecule has 0 amide bonds. The van der Waals surface area contributed by atoms with Crippen molar-refractivity contribution in [2.24, 2.45) is 0 Å². The van der Waals surface area contributed by atoms with E-state index in [-0.39, 0.29) is 5.56 Å². The zero-order chi connectivity index (χ0) is 15.1. The Morgan fingerprint density at radius 1 is 1.41 bits per heavy atom. The molecule has 4 rings (SSSR count). The van der Waals surface area contributed by atoms with Gasteiger partial charge in [-0.2, -0.15) is 5.10 Å². The van der Waals surface area contributed by atoms with Crippen LogP contribution in [0, 0.1) is 0 Å². The van der Waals surface area contributed by atoms with E-state index < -0.39 is 0 Å². The third-order valence-electron chi connectivity index (χ3n) is 4.05. The number of thiazole rings is 1. The summed E-state index contributed by atoms with van der Waals surface area (Å²) in [6, 6.07) is 1.74. The zero-order valence-corrected chi connectivity index (χ0v) is 13.2. The minimum Gasteiger partial charge on any atom is -0.297 e. The Kier molecular flexibility index (Phi) is 3.31. The summed E-state index contributed by atoms with van der Waals surface area (Å²) in [5.74, 6) is 0. The van der Waals surface area contributed by atoms with Gasteiger partial charge in [0, 0.05) is 56.4 Å². The van der Waals surface area contributed by atoms with E-state index in [0.29, 0.717) is 6.54 Å². The molecule has 6 nitrogen and oxygen atoms in total. The van der Waals surface area contributed by atoms with Gasteiger partial charge in [-0.3, -0.25) is 14.1 Å². The molecule has 0 N–H and O–H groups in total. The molecule has 0 saturated heterocycles. The van der Waals surface area contributed by atoms with Gasteiger partial charge in [-0.15, -0.1) is 11.3 Å². The third-order valence-corrected chi connectivity index (χ3v) is 4.82. The molecule has 0 spiro atoms. The third kappa shape index (κ3) is 2.36. The van der Waals surface area contributed by atoms with Crippen molar-refractivity contribution < 1.29 is 0 Å². The number of nitrogens with zero attached hydrogens (tertiary/aromatic N) is 5. The Hall–Kier alpha value is -1.99. The van der Waals surface area contributed by atoms with E-state index in [1.165, 1.54) is 4.68 Å². The molecule has 1 aliphatic rings. The lowest BCUT2D eigenvalue weighted by molar-refractivity contribution is 0.238. The van der Waals surface area contributed by atoms with Crippen LogP contribution in [0.15, 0.2) is 28.6 Å². The summed E-state index contributed by atoms with van der Waals surface area (Å²) in [5.41, 5.74) is 3.18. The summed E-state index contributed by atoms with van der Waals surface area (Å²) in [6.45, 7) is 5.10. The predicted molar refractivity (Wildman–Crippen MR) is 85.1 cm³/mol. The first-order valence-electron chi connectivity index (χ1n) is 7.46. The largest absolute Gasteiger partial charge is 0.297 e. The van der Waals surface area contributed by atoms with Crippen LogP contribution < -0.4 is 5.56 Å². The molecule has 7 heteroatoms. The number of fused-ring (bicyclic) bond motifs is 2. The maximum absolute atomic E-state index is 11.9. The fourth-order valence-electron chi connectivity index (χ4n) is 2.94. The number of hydrogen-bond donors (Lipinski definition) is 0. The summed E-state index contributed by atoms with van der Waals surface area (Å²) in [7, 11) is 0. The van der Waals surface area contributed by atoms with Crippen LogP contribution in [-0.4, -0.2) is 30.6 Å². The highest BCUT2D eigenvalue weighted by atomic mass is 32.1. The standard InChI is InChI=1S/C15H17N5OS/c1-2-20-14(21)7-11-8-18(4-3-13(11)17-20)9-12-10-19-5-6-22-15(19)16-12/h5-7,10H,2-4,8-9H2,1H3. The monoisotopic (exact) mass is 315 g/mol. The van der Waals surface area contributed by atoms with E-state index in [1.54, 1.807) is 17.4 Å². The lowest BCUT2D eigenvalue weighted by atomic mass is 10.1. The van der Waals surface area contributed by atoms with E-state index in [1.807, 2.05) is 18.5 Å². The van der Waals surface area contributed by atoms with Gasteiger partial charge in [-0.05, 0) is 12.5 Å². The molecule has 0 radical (unpaired) electrons. The molecule has 0 atom stereocenters. The molecule has 22 heavy (non-hydrogen) atoms. The van der Waals surface area contributed by atoms with Crippen molar-refractivity contribution >= 4 is 16.3 Å². The highest BCUT2D eigenvalue weighted by Crippen LogP contribution is 2.18. The van der Waals surface area contributed by atoms with Gasteiger partial charge < -0.3 is 0 Å². The van der Waals surface area contributed by atoms with Crippen LogP contribution in [0.2, 0.25) is 0 Å². The van der Waals surface area contributed by atoms with Crippen molar-refractivity contribution in [2.75, 3.05) is 6.54 Å². The Labute approximate surface area is 131 Å². The summed E-state index contributed by atoms with van der Waals surface area (Å²) in [4.78, 5) is 19.9. The second-order valence-corrected chi connectivity index (χ2v) is 6.43. The van der Waals surface area contributed by atoms with Gasteiger partial charge in [0.05, 0.1) is 11.4 Å². The lowest BCUT2D eigenvalue weighted by Gasteiger charge is -2.27. The molecule has 0 saturated carbocycles. The van der Waals surface area contributed by atoms with Crippen LogP contribution in [-0.2, 0) is 26.1 Å². The molecule has 4 heterocycles. The predicted octanol–water partition coefficient (Wildman–Crippen LogP) is 1.53. The highest BCUT2D eigenvalue weighted by molar-refractivity contribution is 7.15. The van der Waals surface area contributed by atoms with Gasteiger partial charge >= 0.3 is 0 Å². The summed E-state index contributed by atoms with van der Waals surface area (Å²) in [5, 5.41) is 6.49. The van der Waals surface area contributed by atoms with Crippen LogP contribution in [0.25, 0.3) is 4.96 Å². The fourth-order valence-corrected chi connectivity index (χ4v) is 3.66. The molecular weight excluding hydrogens is 298 g/mol. The molecule has 0 bridgehead atoms. The zero-order valence-electron chi connectivity index (χ0n) is 12.4. The molecule has 1 aliphatic heterocycles. The summed E-state index contributed by atoms with van der Waals surface area (Å²) in [6.07, 6.45) is 4.99. The van der Waals surface area contributed by atoms with Crippen molar-refractivity contribution in [1.29, 1.82) is 0 Å². The molecule has 0 aliphatic carbocycles. The summed E-state index contributed by atoms with van der Waals surface area (Å²) >= 11 is 1.64. The number of imidazole rings is 1. The first-order valence-corrected chi connectivity index (χ1v) is 8.34. The van der Waals surface area contributed by atoms with Gasteiger partial charge in [-0.25, -0.2) is 9.67 Å². The van der Waals surface area contributed by atoms with E-state index in [9.17, 15) is 4.79 Å². The maximum atomic E-state index is 11.9. The second-order valence-electron chi connectivity index (χ2n) is 5.56. The van der Waals surface area contributed by atoms with Gasteiger partial charge in [0.1, 0.15) is 0 Å². The molecule has 3 aromatic rings. The first kappa shape index (κ1) is 13.7. The van der Waals surface area contributed by atoms with Crippen LogP contribution in [0.4, 0.5) is 0 Å². The minimum atomic E-state index is -0.00870. The van der Waals surface area contributed by atoms with Crippen molar-refractivity contribution in [2.45, 2.75) is 33.0 Å². The topological polar surface area (TPSA) is 55.4 Å². The number of aryl methyl sites for hydroxylation is 1. The van der Waals surface area contributed by atoms with Crippen molar-refractivity contribution in [3.8, 4) is 0 Å². The average Bonchev–Trinajstić information content (AvgIpc) is 3.07. The van der Waals surface area contributed by atoms with E-state index in [2.05, 4.69) is 25.6 Å². The van der Waals surface area contributed by atoms with Crippen LogP contribution in [0.5, 0.6) is 0 Å². The Morgan fingerprint density at radius 3 is 3.14 bits per heavy atom. The quantitative estimate of drug-likeness (QED) is 0.735. The van der Waals surface area contributed by atoms with Crippen LogP contribution in [0.3, 0.4) is 0 Å². The van der Waals surface area contributed by atoms with Crippen LogP contribution >= 0.6 is 11.3 Å². The van der Waals surface area contributed by atoms with Gasteiger partial charge in [0.25, 0.3) is 5.56 Å². The molecule has 0 unspecified atom stereocenters. The van der Waals surface area contributed by atoms with Crippen molar-refractivity contribution in [3.63, 3.8) is 0 Å². The van der Waals surface area contributed by atoms with E-state index >= 15 is 0 Å². The van der Waals surface area contributed by atoms with E-state index in [0.717, 1.165) is 48.0 Å². The maximum Gasteiger partial charge on any atom is 0.267 e. The Bertz CT molecular complexity index is 849. The highest BCUT2D eigenvalue weighted by Gasteiger charge is 2.20. The lowest BCUT2D eigenvalue weighted by Crippen LogP contribution is -2.34. The minimum absolute atomic E-state index is 0.00870. The number of rotatable bonds is 3. The summed E-state index contributed by atoms with van der Waals surface area (Å²) < 4.78 is 3.59. The molecule has 0 fully saturated rings. The number of aromatic nitrogens is 4. The van der Waals surface area contributed by atoms with Crippen molar-refractivity contribution in [3.05, 3.63) is 51.1 Å². The molecular formula is C15H17N5OS. The van der Waals surface area contributed by atoms with Gasteiger partial charge in [-0.1, -0.05) is 0 Å².